The van der Waals surface area contributed by atoms with Crippen LogP contribution in [0.25, 0.3) is 0 Å². The van der Waals surface area contributed by atoms with Gasteiger partial charge in [0.15, 0.2) is 0 Å². The lowest BCUT2D eigenvalue weighted by molar-refractivity contribution is 0.617. The molecule has 0 amide bonds. The summed E-state index contributed by atoms with van der Waals surface area (Å²) in [5.74, 6) is 1.79. The first-order valence-electron chi connectivity index (χ1n) is 6.34. The first kappa shape index (κ1) is 12.9. The van der Waals surface area contributed by atoms with E-state index in [1.165, 1.54) is 31.7 Å². The summed E-state index contributed by atoms with van der Waals surface area (Å²) in [6.07, 6.45) is 5.44. The molecule has 0 radical (unpaired) electrons. The summed E-state index contributed by atoms with van der Waals surface area (Å²) in [6.45, 7) is 1.91. The maximum Gasteiger partial charge on any atom is 0.123 e. The molecule has 0 saturated heterocycles. The van der Waals surface area contributed by atoms with Crippen LogP contribution < -0.4 is 5.73 Å². The predicted molar refractivity (Wildman–Crippen MR) is 71.7 cm³/mol. The number of hydrogen-bond donors (Lipinski definition) is 1. The summed E-state index contributed by atoms with van der Waals surface area (Å²) in [7, 11) is 0. The minimum absolute atomic E-state index is 0.100. The van der Waals surface area contributed by atoms with Crippen molar-refractivity contribution in [1.29, 1.82) is 0 Å². The summed E-state index contributed by atoms with van der Waals surface area (Å²) in [5.41, 5.74) is 6.83. The first-order valence-corrected chi connectivity index (χ1v) is 7.33. The van der Waals surface area contributed by atoms with Crippen molar-refractivity contribution in [3.05, 3.63) is 29.6 Å². The smallest absolute Gasteiger partial charge is 0.123 e. The highest BCUT2D eigenvalue weighted by Crippen LogP contribution is 2.33. The van der Waals surface area contributed by atoms with Gasteiger partial charge in [0.1, 0.15) is 5.82 Å². The Labute approximate surface area is 107 Å². The van der Waals surface area contributed by atoms with E-state index in [0.29, 0.717) is 0 Å². The van der Waals surface area contributed by atoms with Gasteiger partial charge in [0.2, 0.25) is 0 Å². The van der Waals surface area contributed by atoms with Crippen molar-refractivity contribution in [2.24, 2.45) is 11.7 Å². The molecule has 0 spiro atoms. The Hall–Kier alpha value is -0.540. The van der Waals surface area contributed by atoms with Gasteiger partial charge in [-0.05, 0) is 49.4 Å². The summed E-state index contributed by atoms with van der Waals surface area (Å²) >= 11 is 1.83. The van der Waals surface area contributed by atoms with Gasteiger partial charge < -0.3 is 5.73 Å². The molecule has 1 fully saturated rings. The first-order chi connectivity index (χ1) is 8.16. The number of nitrogens with two attached hydrogens (primary N) is 1. The molecule has 1 saturated carbocycles. The fourth-order valence-corrected chi connectivity index (χ4v) is 3.72. The van der Waals surface area contributed by atoms with Gasteiger partial charge in [-0.3, -0.25) is 0 Å². The Morgan fingerprint density at radius 1 is 1.41 bits per heavy atom. The highest BCUT2D eigenvalue weighted by atomic mass is 32.2. The van der Waals surface area contributed by atoms with Crippen LogP contribution in [0.15, 0.2) is 23.1 Å². The average Bonchev–Trinajstić information content (AvgIpc) is 2.80. The molecule has 1 aliphatic rings. The third-order valence-electron chi connectivity index (χ3n) is 3.41. The zero-order chi connectivity index (χ0) is 12.3. The van der Waals surface area contributed by atoms with Crippen LogP contribution in [0.5, 0.6) is 0 Å². The van der Waals surface area contributed by atoms with E-state index >= 15 is 0 Å². The van der Waals surface area contributed by atoms with Gasteiger partial charge in [0, 0.05) is 16.7 Å². The fourth-order valence-electron chi connectivity index (χ4n) is 2.39. The number of rotatable bonds is 4. The Morgan fingerprint density at radius 3 is 2.76 bits per heavy atom. The highest BCUT2D eigenvalue weighted by molar-refractivity contribution is 7.99. The second-order valence-corrected chi connectivity index (χ2v) is 5.99. The van der Waals surface area contributed by atoms with E-state index in [0.717, 1.165) is 22.1 Å². The van der Waals surface area contributed by atoms with Gasteiger partial charge in [0.05, 0.1) is 0 Å². The largest absolute Gasteiger partial charge is 0.324 e. The standard InChI is InChI=1S/C14H20FNS/c1-10(16)13-8-12(15)6-7-14(13)17-9-11-4-2-3-5-11/h6-8,10-11H,2-5,9,16H2,1H3/t10-/m0/s1. The van der Waals surface area contributed by atoms with E-state index in [2.05, 4.69) is 0 Å². The van der Waals surface area contributed by atoms with Crippen LogP contribution in [-0.4, -0.2) is 5.75 Å². The van der Waals surface area contributed by atoms with Gasteiger partial charge in [-0.2, -0.15) is 0 Å². The third kappa shape index (κ3) is 3.46. The Morgan fingerprint density at radius 2 is 2.12 bits per heavy atom. The maximum absolute atomic E-state index is 13.2. The van der Waals surface area contributed by atoms with Crippen molar-refractivity contribution in [3.8, 4) is 0 Å². The van der Waals surface area contributed by atoms with Crippen LogP contribution in [0.4, 0.5) is 4.39 Å². The second-order valence-electron chi connectivity index (χ2n) is 4.93. The zero-order valence-electron chi connectivity index (χ0n) is 10.3. The maximum atomic E-state index is 13.2. The summed E-state index contributed by atoms with van der Waals surface area (Å²) < 4.78 is 13.2. The van der Waals surface area contributed by atoms with Crippen molar-refractivity contribution in [2.45, 2.75) is 43.5 Å². The van der Waals surface area contributed by atoms with Crippen molar-refractivity contribution in [2.75, 3.05) is 5.75 Å². The summed E-state index contributed by atoms with van der Waals surface area (Å²) in [5, 5.41) is 0. The van der Waals surface area contributed by atoms with Gasteiger partial charge in [-0.25, -0.2) is 4.39 Å². The minimum atomic E-state index is -0.192. The van der Waals surface area contributed by atoms with Crippen LogP contribution in [0.1, 0.15) is 44.2 Å². The van der Waals surface area contributed by atoms with Crippen LogP contribution in [0, 0.1) is 11.7 Å². The normalized spacial score (nSPS) is 18.5. The quantitative estimate of drug-likeness (QED) is 0.817. The highest BCUT2D eigenvalue weighted by Gasteiger charge is 2.16. The Bertz CT molecular complexity index is 372. The number of benzene rings is 1. The average molecular weight is 253 g/mol. The number of halogens is 1. The van der Waals surface area contributed by atoms with E-state index in [-0.39, 0.29) is 11.9 Å². The molecule has 17 heavy (non-hydrogen) atoms. The molecule has 1 aromatic carbocycles. The molecule has 1 aliphatic carbocycles. The van der Waals surface area contributed by atoms with Gasteiger partial charge >= 0.3 is 0 Å². The molecule has 0 unspecified atom stereocenters. The lowest BCUT2D eigenvalue weighted by Crippen LogP contribution is -2.07. The number of hydrogen-bond acceptors (Lipinski definition) is 2. The molecule has 2 rings (SSSR count). The Balaban J connectivity index is 2.03. The Kier molecular flexibility index (Phi) is 4.46. The van der Waals surface area contributed by atoms with Crippen molar-refractivity contribution < 1.29 is 4.39 Å². The molecule has 0 bridgehead atoms. The lowest BCUT2D eigenvalue weighted by atomic mass is 10.1. The second kappa shape index (κ2) is 5.87. The van der Waals surface area contributed by atoms with Gasteiger partial charge in [-0.15, -0.1) is 11.8 Å². The predicted octanol–water partition coefficient (Wildman–Crippen LogP) is 4.13. The molecule has 1 aromatic rings. The third-order valence-corrected chi connectivity index (χ3v) is 4.73. The summed E-state index contributed by atoms with van der Waals surface area (Å²) in [6, 6.07) is 4.87. The monoisotopic (exact) mass is 253 g/mol. The van der Waals surface area contributed by atoms with E-state index in [9.17, 15) is 4.39 Å². The molecule has 1 nitrogen and oxygen atoms in total. The topological polar surface area (TPSA) is 26.0 Å². The van der Waals surface area contributed by atoms with E-state index in [1.807, 2.05) is 24.8 Å². The summed E-state index contributed by atoms with van der Waals surface area (Å²) in [4.78, 5) is 1.15. The van der Waals surface area contributed by atoms with Crippen molar-refractivity contribution in [3.63, 3.8) is 0 Å². The fraction of sp³-hybridized carbons (Fsp3) is 0.571. The van der Waals surface area contributed by atoms with Crippen LogP contribution in [-0.2, 0) is 0 Å². The van der Waals surface area contributed by atoms with Crippen LogP contribution in [0.3, 0.4) is 0 Å². The molecular formula is C14H20FNS. The van der Waals surface area contributed by atoms with Crippen LogP contribution >= 0.6 is 11.8 Å². The minimum Gasteiger partial charge on any atom is -0.324 e. The molecule has 2 N–H and O–H groups in total. The van der Waals surface area contributed by atoms with E-state index < -0.39 is 0 Å². The zero-order valence-corrected chi connectivity index (χ0v) is 11.1. The van der Waals surface area contributed by atoms with Crippen LogP contribution in [0.2, 0.25) is 0 Å². The molecule has 0 aromatic heterocycles. The molecular weight excluding hydrogens is 233 g/mol. The molecule has 0 heterocycles. The number of thioether (sulfide) groups is 1. The van der Waals surface area contributed by atoms with Crippen molar-refractivity contribution in [1.82, 2.24) is 0 Å². The molecule has 94 valence electrons. The van der Waals surface area contributed by atoms with E-state index in [4.69, 9.17) is 5.73 Å². The van der Waals surface area contributed by atoms with Crippen molar-refractivity contribution >= 4 is 11.8 Å². The van der Waals surface area contributed by atoms with Gasteiger partial charge in [-0.1, -0.05) is 12.8 Å². The molecule has 1 atom stereocenters. The molecule has 0 aliphatic heterocycles. The molecule has 3 heteroatoms. The lowest BCUT2D eigenvalue weighted by Gasteiger charge is -2.14. The van der Waals surface area contributed by atoms with Gasteiger partial charge in [0.25, 0.3) is 0 Å². The SMILES string of the molecule is C[C@H](N)c1cc(F)ccc1SCC1CCCC1. The van der Waals surface area contributed by atoms with E-state index in [1.54, 1.807) is 6.07 Å².